The molecule has 0 saturated heterocycles. The Morgan fingerprint density at radius 3 is 2.56 bits per heavy atom. The van der Waals surface area contributed by atoms with Crippen LogP contribution in [0.25, 0.3) is 0 Å². The van der Waals surface area contributed by atoms with E-state index in [2.05, 4.69) is 12.2 Å². The highest BCUT2D eigenvalue weighted by Crippen LogP contribution is 2.24. The van der Waals surface area contributed by atoms with Gasteiger partial charge in [0.2, 0.25) is 5.91 Å². The maximum absolute atomic E-state index is 11.6. The van der Waals surface area contributed by atoms with Crippen molar-refractivity contribution in [1.82, 2.24) is 5.32 Å². The van der Waals surface area contributed by atoms with E-state index in [1.807, 2.05) is 0 Å². The Balaban J connectivity index is 2.20. The van der Waals surface area contributed by atoms with Crippen molar-refractivity contribution in [2.75, 3.05) is 0 Å². The fourth-order valence-electron chi connectivity index (χ4n) is 2.36. The van der Waals surface area contributed by atoms with Crippen LogP contribution in [-0.2, 0) is 9.59 Å². The van der Waals surface area contributed by atoms with Crippen LogP contribution in [-0.4, -0.2) is 34.2 Å². The quantitative estimate of drug-likeness (QED) is 0.626. The maximum Gasteiger partial charge on any atom is 0.303 e. The summed E-state index contributed by atoms with van der Waals surface area (Å²) in [6.07, 6.45) is 3.67. The molecule has 5 nitrogen and oxygen atoms in total. The number of nitrogens with one attached hydrogen (secondary N) is 1. The lowest BCUT2D eigenvalue weighted by Crippen LogP contribution is -2.46. The van der Waals surface area contributed by atoms with Gasteiger partial charge in [-0.3, -0.25) is 9.59 Å². The summed E-state index contributed by atoms with van der Waals surface area (Å²) in [4.78, 5) is 21.9. The fraction of sp³-hybridized carbons (Fsp3) is 0.846. The number of carboxylic acid groups (broad SMARTS) is 1. The molecule has 1 aliphatic carbocycles. The number of hydrogen-bond acceptors (Lipinski definition) is 3. The van der Waals surface area contributed by atoms with Gasteiger partial charge in [-0.05, 0) is 38.0 Å². The van der Waals surface area contributed by atoms with Gasteiger partial charge < -0.3 is 15.5 Å². The lowest BCUT2D eigenvalue weighted by molar-refractivity contribution is -0.137. The predicted octanol–water partition coefficient (Wildman–Crippen LogP) is 1.30. The van der Waals surface area contributed by atoms with Crippen molar-refractivity contribution < 1.29 is 19.8 Å². The molecule has 5 heteroatoms. The highest BCUT2D eigenvalue weighted by Gasteiger charge is 2.27. The number of unbranched alkanes of at least 4 members (excludes halogenated alkanes) is 1. The molecule has 1 saturated carbocycles. The molecule has 1 rings (SSSR count). The first-order valence-electron chi connectivity index (χ1n) is 6.68. The van der Waals surface area contributed by atoms with E-state index in [0.717, 1.165) is 19.3 Å². The molecular weight excluding hydrogens is 234 g/mol. The van der Waals surface area contributed by atoms with Crippen LogP contribution in [0.3, 0.4) is 0 Å². The first-order chi connectivity index (χ1) is 8.49. The van der Waals surface area contributed by atoms with Crippen LogP contribution < -0.4 is 5.32 Å². The van der Waals surface area contributed by atoms with E-state index < -0.39 is 12.1 Å². The van der Waals surface area contributed by atoms with Gasteiger partial charge in [0.25, 0.3) is 0 Å². The van der Waals surface area contributed by atoms with Gasteiger partial charge in [-0.25, -0.2) is 0 Å². The first-order valence-corrected chi connectivity index (χ1v) is 6.68. The second-order valence-corrected chi connectivity index (χ2v) is 5.26. The average Bonchev–Trinajstić information content (AvgIpc) is 2.29. The van der Waals surface area contributed by atoms with E-state index in [4.69, 9.17) is 5.11 Å². The van der Waals surface area contributed by atoms with Crippen LogP contribution in [0.2, 0.25) is 0 Å². The summed E-state index contributed by atoms with van der Waals surface area (Å²) in [6, 6.07) is -0.138. The lowest BCUT2D eigenvalue weighted by atomic mass is 9.85. The lowest BCUT2D eigenvalue weighted by Gasteiger charge is -2.32. The van der Waals surface area contributed by atoms with E-state index in [1.54, 1.807) is 0 Å². The highest BCUT2D eigenvalue weighted by atomic mass is 16.4. The van der Waals surface area contributed by atoms with Crippen molar-refractivity contribution in [1.29, 1.82) is 0 Å². The van der Waals surface area contributed by atoms with Crippen LogP contribution in [0, 0.1) is 5.92 Å². The summed E-state index contributed by atoms with van der Waals surface area (Å²) in [5, 5.41) is 21.1. The van der Waals surface area contributed by atoms with Gasteiger partial charge in [0.05, 0.1) is 12.1 Å². The van der Waals surface area contributed by atoms with Gasteiger partial charge in [-0.1, -0.05) is 6.92 Å². The minimum atomic E-state index is -0.827. The molecule has 18 heavy (non-hydrogen) atoms. The summed E-state index contributed by atoms with van der Waals surface area (Å²) < 4.78 is 0. The third-order valence-corrected chi connectivity index (χ3v) is 3.47. The largest absolute Gasteiger partial charge is 0.481 e. The van der Waals surface area contributed by atoms with E-state index in [9.17, 15) is 14.7 Å². The van der Waals surface area contributed by atoms with Gasteiger partial charge >= 0.3 is 5.97 Å². The summed E-state index contributed by atoms with van der Waals surface area (Å²) in [5.74, 6) is -0.379. The molecule has 3 unspecified atom stereocenters. The number of aliphatic carboxylic acids is 1. The number of rotatable bonds is 6. The zero-order chi connectivity index (χ0) is 13.5. The molecule has 1 aliphatic rings. The number of carboxylic acids is 1. The molecule has 0 aromatic carbocycles. The van der Waals surface area contributed by atoms with Crippen molar-refractivity contribution in [3.05, 3.63) is 0 Å². The Morgan fingerprint density at radius 2 is 1.89 bits per heavy atom. The van der Waals surface area contributed by atoms with E-state index in [1.165, 1.54) is 0 Å². The van der Waals surface area contributed by atoms with Gasteiger partial charge in [0.1, 0.15) is 0 Å². The Hall–Kier alpha value is -1.10. The van der Waals surface area contributed by atoms with Crippen LogP contribution in [0.15, 0.2) is 0 Å². The van der Waals surface area contributed by atoms with E-state index in [-0.39, 0.29) is 18.4 Å². The minimum Gasteiger partial charge on any atom is -0.481 e. The second kappa shape index (κ2) is 7.36. The standard InChI is InChI=1S/C13H23NO4/c1-9-6-7-11(15)10(8-9)14-12(16)4-2-3-5-13(17)18/h9-11,15H,2-8H2,1H3,(H,14,16)(H,17,18). The smallest absolute Gasteiger partial charge is 0.303 e. The van der Waals surface area contributed by atoms with Gasteiger partial charge in [-0.15, -0.1) is 0 Å². The molecule has 3 atom stereocenters. The Bertz CT molecular complexity index is 293. The van der Waals surface area contributed by atoms with Crippen LogP contribution in [0.1, 0.15) is 51.9 Å². The summed E-state index contributed by atoms with van der Waals surface area (Å²) in [5.41, 5.74) is 0. The highest BCUT2D eigenvalue weighted by molar-refractivity contribution is 5.76. The van der Waals surface area contributed by atoms with Crippen molar-refractivity contribution >= 4 is 11.9 Å². The maximum atomic E-state index is 11.6. The van der Waals surface area contributed by atoms with Crippen molar-refractivity contribution in [3.8, 4) is 0 Å². The Labute approximate surface area is 108 Å². The zero-order valence-corrected chi connectivity index (χ0v) is 10.9. The van der Waals surface area contributed by atoms with E-state index in [0.29, 0.717) is 25.2 Å². The summed E-state index contributed by atoms with van der Waals surface area (Å²) >= 11 is 0. The third kappa shape index (κ3) is 5.49. The van der Waals surface area contributed by atoms with Gasteiger partial charge in [-0.2, -0.15) is 0 Å². The predicted molar refractivity (Wildman–Crippen MR) is 67.1 cm³/mol. The molecule has 0 spiro atoms. The number of carbonyl (C=O) groups excluding carboxylic acids is 1. The van der Waals surface area contributed by atoms with Crippen LogP contribution in [0.5, 0.6) is 0 Å². The third-order valence-electron chi connectivity index (χ3n) is 3.47. The molecule has 1 fully saturated rings. The number of carbonyl (C=O) groups is 2. The molecule has 1 amide bonds. The van der Waals surface area contributed by atoms with Crippen molar-refractivity contribution in [2.24, 2.45) is 5.92 Å². The zero-order valence-electron chi connectivity index (χ0n) is 10.9. The summed E-state index contributed by atoms with van der Waals surface area (Å²) in [6.45, 7) is 2.12. The first kappa shape index (κ1) is 15.0. The second-order valence-electron chi connectivity index (χ2n) is 5.26. The molecule has 0 heterocycles. The van der Waals surface area contributed by atoms with Crippen molar-refractivity contribution in [2.45, 2.75) is 64.0 Å². The van der Waals surface area contributed by atoms with Crippen molar-refractivity contribution in [3.63, 3.8) is 0 Å². The Morgan fingerprint density at radius 1 is 1.22 bits per heavy atom. The van der Waals surface area contributed by atoms with Gasteiger partial charge in [0, 0.05) is 12.8 Å². The molecular formula is C13H23NO4. The molecule has 0 radical (unpaired) electrons. The fourth-order valence-corrected chi connectivity index (χ4v) is 2.36. The number of hydrogen-bond donors (Lipinski definition) is 3. The average molecular weight is 257 g/mol. The minimum absolute atomic E-state index is 0.0847. The normalized spacial score (nSPS) is 27.8. The number of aliphatic hydroxyl groups is 1. The Kier molecular flexibility index (Phi) is 6.12. The topological polar surface area (TPSA) is 86.6 Å². The monoisotopic (exact) mass is 257 g/mol. The summed E-state index contributed by atoms with van der Waals surface area (Å²) in [7, 11) is 0. The molecule has 3 N–H and O–H groups in total. The molecule has 0 aliphatic heterocycles. The van der Waals surface area contributed by atoms with Crippen LogP contribution >= 0.6 is 0 Å². The molecule has 0 aromatic heterocycles. The molecule has 0 bridgehead atoms. The molecule has 104 valence electrons. The molecule has 0 aromatic rings. The van der Waals surface area contributed by atoms with E-state index >= 15 is 0 Å². The van der Waals surface area contributed by atoms with Crippen LogP contribution in [0.4, 0.5) is 0 Å². The number of amides is 1. The number of aliphatic hydroxyl groups excluding tert-OH is 1. The SMILES string of the molecule is CC1CCC(O)C(NC(=O)CCCCC(=O)O)C1. The van der Waals surface area contributed by atoms with Gasteiger partial charge in [0.15, 0.2) is 0 Å².